The number of alkyl carbamates (subject to hydrolysis) is 1. The van der Waals surface area contributed by atoms with Crippen LogP contribution in [-0.4, -0.2) is 31.8 Å². The fourth-order valence-electron chi connectivity index (χ4n) is 3.11. The standard InChI is InChI=1S/C20H19NO4/c1-3-18(19(22)24-2)21-20(23)25-12-17-15-10-6-4-8-13(15)14-9-5-7-11-16(14)17/h3-11,17-18H,1,12H2,2H3,(H,21,23)/t18-/m0/s1. The first-order valence-corrected chi connectivity index (χ1v) is 7.97. The first-order valence-electron chi connectivity index (χ1n) is 7.97. The van der Waals surface area contributed by atoms with Crippen LogP contribution in [-0.2, 0) is 14.3 Å². The molecule has 5 heteroatoms. The lowest BCUT2D eigenvalue weighted by Crippen LogP contribution is -2.40. The predicted octanol–water partition coefficient (Wildman–Crippen LogP) is 3.25. The van der Waals surface area contributed by atoms with Gasteiger partial charge in [-0.05, 0) is 22.3 Å². The van der Waals surface area contributed by atoms with Crippen LogP contribution in [0.2, 0.25) is 0 Å². The second-order valence-corrected chi connectivity index (χ2v) is 5.71. The molecule has 0 saturated heterocycles. The number of amides is 1. The van der Waals surface area contributed by atoms with Crippen molar-refractivity contribution in [1.82, 2.24) is 5.32 Å². The first-order chi connectivity index (χ1) is 12.2. The molecule has 3 rings (SSSR count). The summed E-state index contributed by atoms with van der Waals surface area (Å²) < 4.78 is 9.96. The minimum atomic E-state index is -0.930. The molecule has 0 aromatic heterocycles. The van der Waals surface area contributed by atoms with Gasteiger partial charge in [-0.2, -0.15) is 0 Å². The fraction of sp³-hybridized carbons (Fsp3) is 0.200. The predicted molar refractivity (Wildman–Crippen MR) is 94.2 cm³/mol. The van der Waals surface area contributed by atoms with Gasteiger partial charge < -0.3 is 14.8 Å². The van der Waals surface area contributed by atoms with Crippen LogP contribution in [0.3, 0.4) is 0 Å². The lowest BCUT2D eigenvalue weighted by molar-refractivity contribution is -0.141. The molecule has 0 saturated carbocycles. The highest BCUT2D eigenvalue weighted by Gasteiger charge is 2.29. The number of benzene rings is 2. The van der Waals surface area contributed by atoms with Crippen molar-refractivity contribution in [2.75, 3.05) is 13.7 Å². The van der Waals surface area contributed by atoms with Crippen LogP contribution in [0.1, 0.15) is 17.0 Å². The maximum Gasteiger partial charge on any atom is 0.408 e. The van der Waals surface area contributed by atoms with E-state index in [1.54, 1.807) is 0 Å². The largest absolute Gasteiger partial charge is 0.467 e. The number of rotatable bonds is 5. The van der Waals surface area contributed by atoms with Gasteiger partial charge in [-0.15, -0.1) is 6.58 Å². The summed E-state index contributed by atoms with van der Waals surface area (Å²) in [6.07, 6.45) is 0.616. The lowest BCUT2D eigenvalue weighted by atomic mass is 9.98. The van der Waals surface area contributed by atoms with Crippen LogP contribution < -0.4 is 5.32 Å². The Morgan fingerprint density at radius 2 is 1.68 bits per heavy atom. The van der Waals surface area contributed by atoms with Gasteiger partial charge >= 0.3 is 12.1 Å². The SMILES string of the molecule is C=C[C@H](NC(=O)OCC1c2ccccc2-c2ccccc21)C(=O)OC. The molecule has 0 fully saturated rings. The Kier molecular flexibility index (Phi) is 4.84. The number of carbonyl (C=O) groups is 2. The summed E-state index contributed by atoms with van der Waals surface area (Å²) in [4.78, 5) is 23.5. The van der Waals surface area contributed by atoms with E-state index in [1.165, 1.54) is 13.2 Å². The Morgan fingerprint density at radius 1 is 1.12 bits per heavy atom. The van der Waals surface area contributed by atoms with Crippen molar-refractivity contribution in [3.8, 4) is 11.1 Å². The minimum absolute atomic E-state index is 0.0292. The molecule has 0 aliphatic heterocycles. The van der Waals surface area contributed by atoms with Gasteiger partial charge in [0, 0.05) is 5.92 Å². The summed E-state index contributed by atoms with van der Waals surface area (Å²) in [5.74, 6) is -0.623. The molecule has 2 aromatic rings. The third-order valence-electron chi connectivity index (χ3n) is 4.31. The van der Waals surface area contributed by atoms with E-state index in [1.807, 2.05) is 36.4 Å². The van der Waals surface area contributed by atoms with Crippen molar-refractivity contribution in [2.45, 2.75) is 12.0 Å². The molecule has 5 nitrogen and oxygen atoms in total. The van der Waals surface area contributed by atoms with Crippen LogP contribution >= 0.6 is 0 Å². The van der Waals surface area contributed by atoms with E-state index in [-0.39, 0.29) is 12.5 Å². The Morgan fingerprint density at radius 3 is 2.20 bits per heavy atom. The molecule has 1 amide bonds. The van der Waals surface area contributed by atoms with Crippen LogP contribution in [0.4, 0.5) is 4.79 Å². The molecule has 0 radical (unpaired) electrons. The summed E-state index contributed by atoms with van der Waals surface area (Å²) in [6.45, 7) is 3.69. The van der Waals surface area contributed by atoms with Crippen molar-refractivity contribution in [3.05, 3.63) is 72.3 Å². The number of fused-ring (bicyclic) bond motifs is 3. The Labute approximate surface area is 146 Å². The van der Waals surface area contributed by atoms with E-state index in [0.29, 0.717) is 0 Å². The van der Waals surface area contributed by atoms with Gasteiger partial charge in [-0.3, -0.25) is 0 Å². The normalized spacial score (nSPS) is 13.3. The summed E-state index contributed by atoms with van der Waals surface area (Å²) in [5, 5.41) is 2.44. The third kappa shape index (κ3) is 3.26. The Hall–Kier alpha value is -3.08. The maximum atomic E-state index is 12.0. The van der Waals surface area contributed by atoms with Crippen molar-refractivity contribution in [3.63, 3.8) is 0 Å². The monoisotopic (exact) mass is 337 g/mol. The second-order valence-electron chi connectivity index (χ2n) is 5.71. The molecule has 1 aliphatic carbocycles. The van der Waals surface area contributed by atoms with E-state index >= 15 is 0 Å². The van der Waals surface area contributed by atoms with Gasteiger partial charge in [0.05, 0.1) is 7.11 Å². The van der Waals surface area contributed by atoms with E-state index < -0.39 is 18.1 Å². The zero-order valence-corrected chi connectivity index (χ0v) is 13.9. The summed E-state index contributed by atoms with van der Waals surface area (Å²) in [6, 6.07) is 15.2. The van der Waals surface area contributed by atoms with Gasteiger partial charge in [0.15, 0.2) is 0 Å². The maximum absolute atomic E-state index is 12.0. The van der Waals surface area contributed by atoms with Gasteiger partial charge in [-0.1, -0.05) is 54.6 Å². The number of esters is 1. The lowest BCUT2D eigenvalue weighted by Gasteiger charge is -2.16. The molecule has 0 heterocycles. The molecule has 1 aliphatic rings. The second kappa shape index (κ2) is 7.21. The average molecular weight is 337 g/mol. The van der Waals surface area contributed by atoms with Crippen molar-refractivity contribution >= 4 is 12.1 Å². The van der Waals surface area contributed by atoms with E-state index in [4.69, 9.17) is 4.74 Å². The number of nitrogens with one attached hydrogen (secondary N) is 1. The molecular formula is C20H19NO4. The molecular weight excluding hydrogens is 318 g/mol. The van der Waals surface area contributed by atoms with E-state index in [0.717, 1.165) is 22.3 Å². The zero-order chi connectivity index (χ0) is 17.8. The van der Waals surface area contributed by atoms with Crippen molar-refractivity contribution in [1.29, 1.82) is 0 Å². The molecule has 1 N–H and O–H groups in total. The fourth-order valence-corrected chi connectivity index (χ4v) is 3.11. The number of hydrogen-bond donors (Lipinski definition) is 1. The first kappa shape index (κ1) is 16.8. The molecule has 1 atom stereocenters. The number of ether oxygens (including phenoxy) is 2. The van der Waals surface area contributed by atoms with Crippen molar-refractivity contribution < 1.29 is 19.1 Å². The zero-order valence-electron chi connectivity index (χ0n) is 13.9. The van der Waals surface area contributed by atoms with Crippen molar-refractivity contribution in [2.24, 2.45) is 0 Å². The number of hydrogen-bond acceptors (Lipinski definition) is 4. The van der Waals surface area contributed by atoms with E-state index in [2.05, 4.69) is 28.8 Å². The highest BCUT2D eigenvalue weighted by atomic mass is 16.6. The summed E-state index contributed by atoms with van der Waals surface area (Å²) in [7, 11) is 1.25. The van der Waals surface area contributed by atoms with Crippen LogP contribution in [0.5, 0.6) is 0 Å². The van der Waals surface area contributed by atoms with Gasteiger partial charge in [0.2, 0.25) is 0 Å². The van der Waals surface area contributed by atoms with Crippen LogP contribution in [0.15, 0.2) is 61.2 Å². The quantitative estimate of drug-likeness (QED) is 0.672. The van der Waals surface area contributed by atoms with E-state index in [9.17, 15) is 9.59 Å². The molecule has 0 unspecified atom stereocenters. The van der Waals surface area contributed by atoms with Crippen LogP contribution in [0, 0.1) is 0 Å². The van der Waals surface area contributed by atoms with Gasteiger partial charge in [0.1, 0.15) is 12.6 Å². The van der Waals surface area contributed by atoms with Gasteiger partial charge in [0.25, 0.3) is 0 Å². The minimum Gasteiger partial charge on any atom is -0.467 e. The Balaban J connectivity index is 1.72. The highest BCUT2D eigenvalue weighted by Crippen LogP contribution is 2.44. The number of methoxy groups -OCH3 is 1. The molecule has 128 valence electrons. The third-order valence-corrected chi connectivity index (χ3v) is 4.31. The van der Waals surface area contributed by atoms with Gasteiger partial charge in [-0.25, -0.2) is 9.59 Å². The number of carbonyl (C=O) groups excluding carboxylic acids is 2. The van der Waals surface area contributed by atoms with Crippen LogP contribution in [0.25, 0.3) is 11.1 Å². The highest BCUT2D eigenvalue weighted by molar-refractivity contribution is 5.83. The Bertz CT molecular complexity index is 769. The molecule has 2 aromatic carbocycles. The summed E-state index contributed by atoms with van der Waals surface area (Å²) in [5.41, 5.74) is 4.57. The summed E-state index contributed by atoms with van der Waals surface area (Å²) >= 11 is 0. The molecule has 0 spiro atoms. The molecule has 0 bridgehead atoms. The molecule has 25 heavy (non-hydrogen) atoms. The smallest absolute Gasteiger partial charge is 0.408 e. The topological polar surface area (TPSA) is 64.6 Å². The average Bonchev–Trinajstić information content (AvgIpc) is 2.98.